The first-order valence-corrected chi connectivity index (χ1v) is 16.0. The average molecular weight is 586 g/mol. The molecule has 0 atom stereocenters. The van der Waals surface area contributed by atoms with Crippen molar-refractivity contribution in [2.75, 3.05) is 4.90 Å². The molecule has 0 aliphatic heterocycles. The molecule has 0 heterocycles. The van der Waals surface area contributed by atoms with Crippen molar-refractivity contribution in [3.05, 3.63) is 221 Å². The van der Waals surface area contributed by atoms with Crippen molar-refractivity contribution >= 4 is 28.7 Å². The molecule has 9 rings (SSSR count). The fourth-order valence-corrected chi connectivity index (χ4v) is 7.83. The Hall–Kier alpha value is -5.92. The van der Waals surface area contributed by atoms with Gasteiger partial charge in [0.2, 0.25) is 0 Å². The number of fused-ring (bicyclic) bond motifs is 9. The van der Waals surface area contributed by atoms with Crippen LogP contribution in [0, 0.1) is 0 Å². The number of rotatable bonds is 4. The molecule has 0 radical (unpaired) electrons. The quantitative estimate of drug-likeness (QED) is 0.199. The molecule has 0 bridgehead atoms. The van der Waals surface area contributed by atoms with Gasteiger partial charge in [-0.3, -0.25) is 0 Å². The van der Waals surface area contributed by atoms with Crippen LogP contribution in [0.15, 0.2) is 182 Å². The number of hydrogen-bond acceptors (Lipinski definition) is 1. The Morgan fingerprint density at radius 3 is 1.30 bits per heavy atom. The lowest BCUT2D eigenvalue weighted by Crippen LogP contribution is -2.30. The van der Waals surface area contributed by atoms with Gasteiger partial charge in [0.15, 0.2) is 0 Å². The van der Waals surface area contributed by atoms with E-state index in [4.69, 9.17) is 0 Å². The van der Waals surface area contributed by atoms with Crippen LogP contribution in [0.1, 0.15) is 38.9 Å². The van der Waals surface area contributed by atoms with Crippen molar-refractivity contribution in [2.24, 2.45) is 0 Å². The van der Waals surface area contributed by atoms with Gasteiger partial charge in [0.05, 0.1) is 5.41 Å². The molecule has 7 aromatic carbocycles. The van der Waals surface area contributed by atoms with Crippen molar-refractivity contribution in [2.45, 2.75) is 5.41 Å². The maximum absolute atomic E-state index is 2.41. The van der Waals surface area contributed by atoms with Crippen molar-refractivity contribution in [1.82, 2.24) is 0 Å². The molecule has 0 N–H and O–H groups in total. The summed E-state index contributed by atoms with van der Waals surface area (Å²) in [6.07, 6.45) is 2.41. The van der Waals surface area contributed by atoms with Crippen molar-refractivity contribution in [3.8, 4) is 11.1 Å². The Labute approximate surface area is 270 Å². The van der Waals surface area contributed by atoms with E-state index in [1.54, 1.807) is 0 Å². The molecule has 0 fully saturated rings. The van der Waals surface area contributed by atoms with E-state index < -0.39 is 5.41 Å². The second kappa shape index (κ2) is 10.6. The number of hydrogen-bond donors (Lipinski definition) is 0. The highest BCUT2D eigenvalue weighted by atomic mass is 15.1. The first-order chi connectivity index (χ1) is 22.8. The third kappa shape index (κ3) is 3.89. The van der Waals surface area contributed by atoms with Crippen LogP contribution in [-0.2, 0) is 5.41 Å². The topological polar surface area (TPSA) is 3.24 Å². The molecular weight excluding hydrogens is 555 g/mol. The van der Waals surface area contributed by atoms with Crippen molar-refractivity contribution in [1.29, 1.82) is 0 Å². The van der Waals surface area contributed by atoms with E-state index in [2.05, 4.69) is 193 Å². The minimum atomic E-state index is -0.421. The van der Waals surface area contributed by atoms with Crippen LogP contribution >= 0.6 is 0 Å². The van der Waals surface area contributed by atoms with E-state index in [0.29, 0.717) is 0 Å². The third-order valence-electron chi connectivity index (χ3n) is 9.70. The van der Waals surface area contributed by atoms with Gasteiger partial charge in [-0.2, -0.15) is 0 Å². The second-order valence-corrected chi connectivity index (χ2v) is 12.1. The van der Waals surface area contributed by atoms with Crippen molar-refractivity contribution < 1.29 is 0 Å². The van der Waals surface area contributed by atoms with Gasteiger partial charge in [-0.05, 0) is 98.1 Å². The number of para-hydroxylation sites is 2. The highest BCUT2D eigenvalue weighted by Gasteiger charge is 2.48. The molecule has 0 saturated heterocycles. The van der Waals surface area contributed by atoms with E-state index in [-0.39, 0.29) is 0 Å². The number of anilines is 3. The molecule has 2 aliphatic carbocycles. The molecule has 0 unspecified atom stereocenters. The predicted octanol–water partition coefficient (Wildman–Crippen LogP) is 11.4. The maximum Gasteiger partial charge on any atom is 0.0725 e. The van der Waals surface area contributed by atoms with Crippen LogP contribution in [-0.4, -0.2) is 0 Å². The van der Waals surface area contributed by atoms with Crippen LogP contribution in [0.2, 0.25) is 0 Å². The smallest absolute Gasteiger partial charge is 0.0725 e. The van der Waals surface area contributed by atoms with Gasteiger partial charge in [-0.15, -0.1) is 0 Å². The summed E-state index contributed by atoms with van der Waals surface area (Å²) in [5.41, 5.74) is 15.9. The zero-order chi connectivity index (χ0) is 30.5. The summed E-state index contributed by atoms with van der Waals surface area (Å²) in [5, 5.41) is 0. The Morgan fingerprint density at radius 2 is 0.739 bits per heavy atom. The van der Waals surface area contributed by atoms with E-state index in [1.165, 1.54) is 55.6 Å². The highest BCUT2D eigenvalue weighted by molar-refractivity contribution is 5.99. The average Bonchev–Trinajstić information content (AvgIpc) is 3.35. The Morgan fingerprint density at radius 1 is 0.326 bits per heavy atom. The Bertz CT molecular complexity index is 2160. The summed E-state index contributed by atoms with van der Waals surface area (Å²) in [7, 11) is 0. The molecule has 1 heteroatoms. The Balaban J connectivity index is 1.26. The number of nitrogens with zero attached hydrogens (tertiary/aromatic N) is 1. The van der Waals surface area contributed by atoms with Crippen LogP contribution in [0.25, 0.3) is 22.8 Å². The monoisotopic (exact) mass is 585 g/mol. The molecule has 1 spiro atoms. The van der Waals surface area contributed by atoms with E-state index >= 15 is 0 Å². The molecule has 7 aromatic rings. The van der Waals surface area contributed by atoms with E-state index in [0.717, 1.165) is 17.1 Å². The first-order valence-electron chi connectivity index (χ1n) is 16.0. The zero-order valence-electron chi connectivity index (χ0n) is 25.3. The summed E-state index contributed by atoms with van der Waals surface area (Å²) in [4.78, 5) is 2.32. The molecule has 0 amide bonds. The normalized spacial score (nSPS) is 13.5. The largest absolute Gasteiger partial charge is 0.311 e. The molecular formula is C45H31N. The minimum Gasteiger partial charge on any atom is -0.311 e. The van der Waals surface area contributed by atoms with Gasteiger partial charge in [0.25, 0.3) is 0 Å². The Kier molecular flexibility index (Phi) is 6.11. The van der Waals surface area contributed by atoms with Crippen LogP contribution in [0.3, 0.4) is 0 Å². The van der Waals surface area contributed by atoms with Crippen LogP contribution in [0.4, 0.5) is 17.1 Å². The zero-order valence-corrected chi connectivity index (χ0v) is 25.3. The van der Waals surface area contributed by atoms with Gasteiger partial charge in [0.1, 0.15) is 0 Å². The SMILES string of the molecule is C1=C(c2ccc(N(c3ccccc3)c3ccccc3)cc2)c2ccccc2C2(c3ccccc31)c1ccccc1-c1ccccc12. The van der Waals surface area contributed by atoms with Crippen LogP contribution < -0.4 is 4.90 Å². The highest BCUT2D eigenvalue weighted by Crippen LogP contribution is 2.59. The summed E-state index contributed by atoms with van der Waals surface area (Å²) in [6.45, 7) is 0. The third-order valence-corrected chi connectivity index (χ3v) is 9.70. The predicted molar refractivity (Wildman–Crippen MR) is 192 cm³/mol. The van der Waals surface area contributed by atoms with Gasteiger partial charge in [0, 0.05) is 17.1 Å². The molecule has 216 valence electrons. The lowest BCUT2D eigenvalue weighted by Gasteiger charge is -2.35. The van der Waals surface area contributed by atoms with E-state index in [9.17, 15) is 0 Å². The molecule has 0 aromatic heterocycles. The fourth-order valence-electron chi connectivity index (χ4n) is 7.83. The summed E-state index contributed by atoms with van der Waals surface area (Å²) < 4.78 is 0. The van der Waals surface area contributed by atoms with Gasteiger partial charge >= 0.3 is 0 Å². The second-order valence-electron chi connectivity index (χ2n) is 12.1. The lowest BCUT2D eigenvalue weighted by molar-refractivity contribution is 0.766. The summed E-state index contributed by atoms with van der Waals surface area (Å²) in [6, 6.07) is 66.3. The van der Waals surface area contributed by atoms with E-state index in [1.807, 2.05) is 0 Å². The number of benzene rings is 7. The first kappa shape index (κ1) is 26.5. The van der Waals surface area contributed by atoms with Gasteiger partial charge in [-0.1, -0.05) is 146 Å². The minimum absolute atomic E-state index is 0.421. The van der Waals surface area contributed by atoms with Gasteiger partial charge in [-0.25, -0.2) is 0 Å². The fraction of sp³-hybridized carbons (Fsp3) is 0.0222. The standard InChI is InChI=1S/C45H31N/c1-3-16-34(17-4-1)46(35-18-5-2-6-19-35)36-29-27-32(28-30-36)40-31-33-15-7-11-23-41(33)45(44-26-14-10-22-39(40)44)42-24-12-8-20-37(42)38-21-9-13-25-43(38)45/h1-31H. The summed E-state index contributed by atoms with van der Waals surface area (Å²) >= 11 is 0. The lowest BCUT2D eigenvalue weighted by atomic mass is 9.66. The molecule has 1 nitrogen and oxygen atoms in total. The van der Waals surface area contributed by atoms with Gasteiger partial charge < -0.3 is 4.90 Å². The summed E-state index contributed by atoms with van der Waals surface area (Å²) in [5.74, 6) is 0. The molecule has 46 heavy (non-hydrogen) atoms. The van der Waals surface area contributed by atoms with Crippen LogP contribution in [0.5, 0.6) is 0 Å². The molecule has 2 aliphatic rings. The molecule has 0 saturated carbocycles. The van der Waals surface area contributed by atoms with Crippen molar-refractivity contribution in [3.63, 3.8) is 0 Å². The maximum atomic E-state index is 2.41.